The smallest absolute Gasteiger partial charge is 0.310 e. The molecule has 0 atom stereocenters. The molecule has 9 heteroatoms. The number of fused-ring (bicyclic) bond motifs is 2. The Morgan fingerprint density at radius 2 is 2.00 bits per heavy atom. The van der Waals surface area contributed by atoms with Crippen molar-refractivity contribution in [2.45, 2.75) is 32.6 Å². The standard InChI is InChI=1S/C29H30N2O6S/c1-4-36-28(33)12-19-9-17(2)10-26-22(19)13-23-25(37-26)8-6-21(20-15-38(34)16-20)29(23)31-30-14-18-5-7-24(32)27(11-18)35-3/h5-11,14,20,31-32H,4,12-13,15-16H2,1-3H3. The summed E-state index contributed by atoms with van der Waals surface area (Å²) in [6, 6.07) is 13.0. The molecule has 0 unspecified atom stereocenters. The molecular weight excluding hydrogens is 504 g/mol. The first-order valence-corrected chi connectivity index (χ1v) is 14.0. The summed E-state index contributed by atoms with van der Waals surface area (Å²) in [6.45, 7) is 4.11. The van der Waals surface area contributed by atoms with Gasteiger partial charge in [0.2, 0.25) is 0 Å². The fourth-order valence-corrected chi connectivity index (χ4v) is 6.04. The van der Waals surface area contributed by atoms with Gasteiger partial charge in [0.25, 0.3) is 0 Å². The Labute approximate surface area is 224 Å². The van der Waals surface area contributed by atoms with E-state index in [1.54, 1.807) is 31.3 Å². The van der Waals surface area contributed by atoms with Crippen LogP contribution in [0.1, 0.15) is 46.2 Å². The molecule has 2 N–H and O–H groups in total. The van der Waals surface area contributed by atoms with Gasteiger partial charge < -0.3 is 19.3 Å². The minimum atomic E-state index is -0.812. The number of anilines is 1. The quantitative estimate of drug-likeness (QED) is 0.190. The van der Waals surface area contributed by atoms with Gasteiger partial charge >= 0.3 is 5.97 Å². The molecule has 2 aliphatic heterocycles. The summed E-state index contributed by atoms with van der Waals surface area (Å²) in [4.78, 5) is 12.3. The molecule has 1 fully saturated rings. The number of hydrogen-bond acceptors (Lipinski definition) is 8. The zero-order valence-electron chi connectivity index (χ0n) is 21.6. The minimum absolute atomic E-state index is 0.0553. The van der Waals surface area contributed by atoms with Gasteiger partial charge in [0, 0.05) is 45.8 Å². The van der Waals surface area contributed by atoms with Crippen LogP contribution < -0.4 is 14.9 Å². The summed E-state index contributed by atoms with van der Waals surface area (Å²) < 4.78 is 28.7. The molecule has 2 aliphatic rings. The summed E-state index contributed by atoms with van der Waals surface area (Å²) in [5, 5.41) is 14.4. The zero-order valence-corrected chi connectivity index (χ0v) is 22.4. The number of phenolic OH excluding ortho intramolecular Hbond substituents is 1. The Hall–Kier alpha value is -3.85. The van der Waals surface area contributed by atoms with Crippen molar-refractivity contribution in [2.75, 3.05) is 30.6 Å². The van der Waals surface area contributed by atoms with E-state index in [0.717, 1.165) is 50.6 Å². The van der Waals surface area contributed by atoms with Gasteiger partial charge in [-0.15, -0.1) is 0 Å². The van der Waals surface area contributed by atoms with Crippen molar-refractivity contribution < 1.29 is 28.3 Å². The number of rotatable bonds is 8. The number of carbonyl (C=O) groups is 1. The number of nitrogens with one attached hydrogen (secondary N) is 1. The molecule has 8 nitrogen and oxygen atoms in total. The van der Waals surface area contributed by atoms with Crippen LogP contribution in [0.4, 0.5) is 5.69 Å². The molecule has 0 aromatic heterocycles. The lowest BCUT2D eigenvalue weighted by atomic mass is 9.89. The van der Waals surface area contributed by atoms with Crippen molar-refractivity contribution >= 4 is 28.7 Å². The summed E-state index contributed by atoms with van der Waals surface area (Å²) in [5.41, 5.74) is 9.59. The van der Waals surface area contributed by atoms with Crippen LogP contribution in [-0.4, -0.2) is 46.7 Å². The van der Waals surface area contributed by atoms with Crippen LogP contribution in [0.25, 0.3) is 0 Å². The summed E-state index contributed by atoms with van der Waals surface area (Å²) in [5.74, 6) is 2.97. The van der Waals surface area contributed by atoms with Gasteiger partial charge in [0.1, 0.15) is 11.5 Å². The number of aromatic hydroxyl groups is 1. The second-order valence-electron chi connectivity index (χ2n) is 9.44. The monoisotopic (exact) mass is 534 g/mol. The number of hydrogen-bond donors (Lipinski definition) is 2. The second-order valence-corrected chi connectivity index (χ2v) is 11.0. The first kappa shape index (κ1) is 25.8. The number of hydrazone groups is 1. The lowest BCUT2D eigenvalue weighted by molar-refractivity contribution is -0.142. The minimum Gasteiger partial charge on any atom is -0.504 e. The van der Waals surface area contributed by atoms with Crippen molar-refractivity contribution in [1.29, 1.82) is 0 Å². The molecular formula is C29H30N2O6S. The Kier molecular flexibility index (Phi) is 7.37. The molecule has 0 bridgehead atoms. The van der Waals surface area contributed by atoms with Crippen molar-refractivity contribution in [3.63, 3.8) is 0 Å². The fraction of sp³-hybridized carbons (Fsp3) is 0.310. The maximum Gasteiger partial charge on any atom is 0.310 e. The molecule has 2 heterocycles. The molecule has 0 amide bonds. The molecule has 0 radical (unpaired) electrons. The van der Waals surface area contributed by atoms with E-state index >= 15 is 0 Å². The number of methoxy groups -OCH3 is 1. The van der Waals surface area contributed by atoms with Gasteiger partial charge in [-0.25, -0.2) is 0 Å². The number of phenols is 1. The fourth-order valence-electron chi connectivity index (χ4n) is 4.88. The number of nitrogens with zero attached hydrogens (tertiary/aromatic N) is 1. The van der Waals surface area contributed by atoms with Crippen LogP contribution in [0.2, 0.25) is 0 Å². The predicted octanol–water partition coefficient (Wildman–Crippen LogP) is 4.80. The Morgan fingerprint density at radius 3 is 2.74 bits per heavy atom. The van der Waals surface area contributed by atoms with E-state index in [4.69, 9.17) is 14.2 Å². The molecule has 0 aliphatic carbocycles. The number of ether oxygens (including phenoxy) is 3. The average molecular weight is 535 g/mol. The normalized spacial score (nSPS) is 17.7. The van der Waals surface area contributed by atoms with E-state index in [1.165, 1.54) is 7.11 Å². The summed E-state index contributed by atoms with van der Waals surface area (Å²) in [6.07, 6.45) is 2.37. The van der Waals surface area contributed by atoms with Gasteiger partial charge in [0.05, 0.1) is 32.0 Å². The van der Waals surface area contributed by atoms with Crippen LogP contribution in [0.15, 0.2) is 47.6 Å². The van der Waals surface area contributed by atoms with Gasteiger partial charge in [-0.2, -0.15) is 5.10 Å². The number of esters is 1. The average Bonchev–Trinajstić information content (AvgIpc) is 2.87. The van der Waals surface area contributed by atoms with Gasteiger partial charge in [-0.05, 0) is 66.4 Å². The van der Waals surface area contributed by atoms with Crippen molar-refractivity contribution in [3.05, 3.63) is 75.8 Å². The van der Waals surface area contributed by atoms with Crippen molar-refractivity contribution in [3.8, 4) is 23.0 Å². The maximum atomic E-state index is 12.3. The molecule has 38 heavy (non-hydrogen) atoms. The third-order valence-electron chi connectivity index (χ3n) is 6.77. The zero-order chi connectivity index (χ0) is 26.8. The van der Waals surface area contributed by atoms with Crippen LogP contribution >= 0.6 is 0 Å². The SMILES string of the molecule is CCOC(=O)Cc1cc(C)cc2c1Cc1c(ccc(C3CS(=O)C3)c1NN=Cc1ccc(O)c(OC)c1)O2. The third kappa shape index (κ3) is 5.24. The van der Waals surface area contributed by atoms with Crippen LogP contribution in [0, 0.1) is 6.92 Å². The second kappa shape index (κ2) is 10.9. The van der Waals surface area contributed by atoms with E-state index in [0.29, 0.717) is 30.3 Å². The molecule has 198 valence electrons. The van der Waals surface area contributed by atoms with Crippen LogP contribution in [-0.2, 0) is 33.2 Å². The van der Waals surface area contributed by atoms with E-state index in [9.17, 15) is 14.1 Å². The van der Waals surface area contributed by atoms with Gasteiger partial charge in [0.15, 0.2) is 11.5 Å². The predicted molar refractivity (Wildman–Crippen MR) is 147 cm³/mol. The lowest BCUT2D eigenvalue weighted by Crippen LogP contribution is -2.29. The van der Waals surface area contributed by atoms with E-state index < -0.39 is 10.8 Å². The van der Waals surface area contributed by atoms with Gasteiger partial charge in [-0.3, -0.25) is 14.4 Å². The molecule has 5 rings (SSSR count). The summed E-state index contributed by atoms with van der Waals surface area (Å²) >= 11 is 0. The number of benzene rings is 3. The van der Waals surface area contributed by atoms with Gasteiger partial charge in [-0.1, -0.05) is 12.1 Å². The van der Waals surface area contributed by atoms with E-state index in [-0.39, 0.29) is 24.1 Å². The Balaban J connectivity index is 1.51. The Morgan fingerprint density at radius 1 is 1.18 bits per heavy atom. The highest BCUT2D eigenvalue weighted by Crippen LogP contribution is 2.46. The maximum absolute atomic E-state index is 12.3. The number of carbonyl (C=O) groups excluding carboxylic acids is 1. The van der Waals surface area contributed by atoms with E-state index in [1.807, 2.05) is 31.2 Å². The summed E-state index contributed by atoms with van der Waals surface area (Å²) in [7, 11) is 0.683. The van der Waals surface area contributed by atoms with Crippen molar-refractivity contribution in [2.24, 2.45) is 5.10 Å². The Bertz CT molecular complexity index is 1440. The highest BCUT2D eigenvalue weighted by Gasteiger charge is 2.32. The molecule has 0 spiro atoms. The highest BCUT2D eigenvalue weighted by molar-refractivity contribution is 7.86. The van der Waals surface area contributed by atoms with Crippen LogP contribution in [0.3, 0.4) is 0 Å². The molecule has 3 aromatic rings. The number of aryl methyl sites for hydroxylation is 1. The third-order valence-corrected chi connectivity index (χ3v) is 8.32. The molecule has 1 saturated heterocycles. The highest BCUT2D eigenvalue weighted by atomic mass is 32.2. The molecule has 3 aromatic carbocycles. The largest absolute Gasteiger partial charge is 0.504 e. The first-order chi connectivity index (χ1) is 18.4. The van der Waals surface area contributed by atoms with Crippen molar-refractivity contribution in [1.82, 2.24) is 0 Å². The first-order valence-electron chi connectivity index (χ1n) is 12.5. The van der Waals surface area contributed by atoms with Crippen LogP contribution in [0.5, 0.6) is 23.0 Å². The van der Waals surface area contributed by atoms with E-state index in [2.05, 4.69) is 10.5 Å². The topological polar surface area (TPSA) is 106 Å². The molecule has 0 saturated carbocycles. The lowest BCUT2D eigenvalue weighted by Gasteiger charge is -2.31.